The highest BCUT2D eigenvalue weighted by molar-refractivity contribution is 6.30. The van der Waals surface area contributed by atoms with Crippen molar-refractivity contribution >= 4 is 17.3 Å². The standard InChI is InChI=1S/C17H20ClNO/c1-12(2)13-4-7-16(8-5-13)19-11-14-10-15(18)6-9-17(14)20-3/h4-10,12,19H,11H2,1-3H3. The summed E-state index contributed by atoms with van der Waals surface area (Å²) < 4.78 is 5.34. The number of halogens is 1. The van der Waals surface area contributed by atoms with E-state index in [0.29, 0.717) is 12.5 Å². The molecule has 0 aromatic heterocycles. The van der Waals surface area contributed by atoms with E-state index in [1.165, 1.54) is 5.56 Å². The molecular weight excluding hydrogens is 270 g/mol. The zero-order valence-corrected chi connectivity index (χ0v) is 12.9. The van der Waals surface area contributed by atoms with Crippen molar-refractivity contribution in [2.45, 2.75) is 26.3 Å². The molecule has 0 aliphatic heterocycles. The van der Waals surface area contributed by atoms with E-state index >= 15 is 0 Å². The number of nitrogens with one attached hydrogen (secondary N) is 1. The Labute approximate surface area is 125 Å². The summed E-state index contributed by atoms with van der Waals surface area (Å²) in [6.45, 7) is 5.07. The molecule has 0 saturated carbocycles. The number of ether oxygens (including phenoxy) is 1. The highest BCUT2D eigenvalue weighted by atomic mass is 35.5. The van der Waals surface area contributed by atoms with Crippen molar-refractivity contribution in [2.75, 3.05) is 12.4 Å². The fourth-order valence-electron chi connectivity index (χ4n) is 2.07. The minimum Gasteiger partial charge on any atom is -0.496 e. The van der Waals surface area contributed by atoms with Gasteiger partial charge in [-0.1, -0.05) is 37.6 Å². The van der Waals surface area contributed by atoms with Crippen molar-refractivity contribution in [3.05, 3.63) is 58.6 Å². The minimum absolute atomic E-state index is 0.553. The van der Waals surface area contributed by atoms with Crippen LogP contribution in [-0.4, -0.2) is 7.11 Å². The molecule has 2 aromatic carbocycles. The van der Waals surface area contributed by atoms with Crippen LogP contribution in [0.3, 0.4) is 0 Å². The summed E-state index contributed by atoms with van der Waals surface area (Å²) in [6.07, 6.45) is 0. The molecule has 0 saturated heterocycles. The largest absolute Gasteiger partial charge is 0.496 e. The van der Waals surface area contributed by atoms with Crippen molar-refractivity contribution < 1.29 is 4.74 Å². The third kappa shape index (κ3) is 3.67. The molecule has 1 N–H and O–H groups in total. The van der Waals surface area contributed by atoms with Crippen molar-refractivity contribution in [2.24, 2.45) is 0 Å². The van der Waals surface area contributed by atoms with Crippen molar-refractivity contribution in [3.63, 3.8) is 0 Å². The molecule has 0 unspecified atom stereocenters. The second-order valence-corrected chi connectivity index (χ2v) is 5.52. The molecule has 0 heterocycles. The first-order valence-electron chi connectivity index (χ1n) is 6.76. The van der Waals surface area contributed by atoms with E-state index in [-0.39, 0.29) is 0 Å². The Morgan fingerprint density at radius 2 is 1.80 bits per heavy atom. The molecule has 0 aliphatic carbocycles. The van der Waals surface area contributed by atoms with Gasteiger partial charge >= 0.3 is 0 Å². The van der Waals surface area contributed by atoms with Crippen LogP contribution in [0.1, 0.15) is 30.9 Å². The number of hydrogen-bond acceptors (Lipinski definition) is 2. The Bertz CT molecular complexity index is 564. The highest BCUT2D eigenvalue weighted by Gasteiger charge is 2.04. The highest BCUT2D eigenvalue weighted by Crippen LogP contribution is 2.24. The molecule has 2 rings (SSSR count). The predicted molar refractivity (Wildman–Crippen MR) is 85.9 cm³/mol. The molecule has 0 spiro atoms. The summed E-state index contributed by atoms with van der Waals surface area (Å²) in [5.41, 5.74) is 3.49. The summed E-state index contributed by atoms with van der Waals surface area (Å²) in [4.78, 5) is 0. The van der Waals surface area contributed by atoms with Crippen LogP contribution >= 0.6 is 11.6 Å². The van der Waals surface area contributed by atoms with Crippen LogP contribution in [0.15, 0.2) is 42.5 Å². The van der Waals surface area contributed by atoms with Gasteiger partial charge in [0, 0.05) is 22.8 Å². The van der Waals surface area contributed by atoms with Crippen LogP contribution in [0.5, 0.6) is 5.75 Å². The van der Waals surface area contributed by atoms with Gasteiger partial charge in [0.1, 0.15) is 5.75 Å². The average molecular weight is 290 g/mol. The van der Waals surface area contributed by atoms with Crippen molar-refractivity contribution in [1.82, 2.24) is 0 Å². The zero-order valence-electron chi connectivity index (χ0n) is 12.1. The van der Waals surface area contributed by atoms with E-state index < -0.39 is 0 Å². The molecule has 0 aliphatic rings. The van der Waals surface area contributed by atoms with Gasteiger partial charge in [-0.05, 0) is 41.8 Å². The quantitative estimate of drug-likeness (QED) is 0.828. The SMILES string of the molecule is COc1ccc(Cl)cc1CNc1ccc(C(C)C)cc1. The Morgan fingerprint density at radius 1 is 1.10 bits per heavy atom. The van der Waals surface area contributed by atoms with Crippen LogP contribution in [0.2, 0.25) is 5.02 Å². The smallest absolute Gasteiger partial charge is 0.123 e. The molecule has 0 atom stereocenters. The average Bonchev–Trinajstić information content (AvgIpc) is 2.45. The molecule has 0 bridgehead atoms. The first kappa shape index (κ1) is 14.7. The van der Waals surface area contributed by atoms with E-state index in [1.807, 2.05) is 18.2 Å². The van der Waals surface area contributed by atoms with Crippen molar-refractivity contribution in [3.8, 4) is 5.75 Å². The Balaban J connectivity index is 2.06. The Kier molecular flexibility index (Phi) is 4.91. The van der Waals surface area contributed by atoms with Crippen LogP contribution in [0.25, 0.3) is 0 Å². The minimum atomic E-state index is 0.553. The van der Waals surface area contributed by atoms with E-state index in [2.05, 4.69) is 43.4 Å². The van der Waals surface area contributed by atoms with Gasteiger partial charge in [-0.2, -0.15) is 0 Å². The summed E-state index contributed by atoms with van der Waals surface area (Å²) >= 11 is 6.03. The topological polar surface area (TPSA) is 21.3 Å². The summed E-state index contributed by atoms with van der Waals surface area (Å²) in [7, 11) is 1.67. The van der Waals surface area contributed by atoms with Crippen LogP contribution in [-0.2, 0) is 6.54 Å². The molecular formula is C17H20ClNO. The fraction of sp³-hybridized carbons (Fsp3) is 0.294. The predicted octanol–water partition coefficient (Wildman–Crippen LogP) is 5.08. The number of methoxy groups -OCH3 is 1. The lowest BCUT2D eigenvalue weighted by Crippen LogP contribution is -2.02. The van der Waals surface area contributed by atoms with Gasteiger partial charge in [-0.3, -0.25) is 0 Å². The Hall–Kier alpha value is -1.67. The van der Waals surface area contributed by atoms with Gasteiger partial charge in [0.15, 0.2) is 0 Å². The lowest BCUT2D eigenvalue weighted by atomic mass is 10.0. The Morgan fingerprint density at radius 3 is 2.40 bits per heavy atom. The van der Waals surface area contributed by atoms with Gasteiger partial charge in [0.05, 0.1) is 7.11 Å². The first-order valence-corrected chi connectivity index (χ1v) is 7.14. The molecule has 106 valence electrons. The molecule has 0 amide bonds. The molecule has 20 heavy (non-hydrogen) atoms. The number of anilines is 1. The maximum atomic E-state index is 6.03. The summed E-state index contributed by atoms with van der Waals surface area (Å²) in [5, 5.41) is 4.11. The molecule has 2 nitrogen and oxygen atoms in total. The van der Waals surface area contributed by atoms with Gasteiger partial charge in [-0.15, -0.1) is 0 Å². The number of benzene rings is 2. The molecule has 3 heteroatoms. The molecule has 0 fully saturated rings. The zero-order chi connectivity index (χ0) is 14.5. The van der Waals surface area contributed by atoms with Crippen LogP contribution in [0, 0.1) is 0 Å². The van der Waals surface area contributed by atoms with Crippen LogP contribution < -0.4 is 10.1 Å². The normalized spacial score (nSPS) is 10.7. The second-order valence-electron chi connectivity index (χ2n) is 5.09. The van der Waals surface area contributed by atoms with Gasteiger partial charge in [0.25, 0.3) is 0 Å². The molecule has 2 aromatic rings. The van der Waals surface area contributed by atoms with E-state index in [4.69, 9.17) is 16.3 Å². The van der Waals surface area contributed by atoms with E-state index in [9.17, 15) is 0 Å². The fourth-order valence-corrected chi connectivity index (χ4v) is 2.26. The maximum Gasteiger partial charge on any atom is 0.123 e. The third-order valence-electron chi connectivity index (χ3n) is 3.30. The summed E-state index contributed by atoms with van der Waals surface area (Å²) in [6, 6.07) is 14.2. The second kappa shape index (κ2) is 6.67. The monoisotopic (exact) mass is 289 g/mol. The first-order chi connectivity index (χ1) is 9.60. The number of hydrogen-bond donors (Lipinski definition) is 1. The molecule has 0 radical (unpaired) electrons. The van der Waals surface area contributed by atoms with Gasteiger partial charge in [0.2, 0.25) is 0 Å². The lowest BCUT2D eigenvalue weighted by Gasteiger charge is -2.12. The van der Waals surface area contributed by atoms with E-state index in [1.54, 1.807) is 7.11 Å². The van der Waals surface area contributed by atoms with Crippen molar-refractivity contribution in [1.29, 1.82) is 0 Å². The maximum absolute atomic E-state index is 6.03. The van der Waals surface area contributed by atoms with E-state index in [0.717, 1.165) is 22.0 Å². The lowest BCUT2D eigenvalue weighted by molar-refractivity contribution is 0.410. The summed E-state index contributed by atoms with van der Waals surface area (Å²) in [5.74, 6) is 1.40. The number of rotatable bonds is 5. The van der Waals surface area contributed by atoms with Gasteiger partial charge in [-0.25, -0.2) is 0 Å². The third-order valence-corrected chi connectivity index (χ3v) is 3.54. The van der Waals surface area contributed by atoms with Gasteiger partial charge < -0.3 is 10.1 Å². The van der Waals surface area contributed by atoms with Crippen LogP contribution in [0.4, 0.5) is 5.69 Å².